The highest BCUT2D eigenvalue weighted by molar-refractivity contribution is 5.28. The fourth-order valence-corrected chi connectivity index (χ4v) is 1.56. The zero-order chi connectivity index (χ0) is 11.8. The summed E-state index contributed by atoms with van der Waals surface area (Å²) in [4.78, 5) is 0. The number of benzene rings is 1. The van der Waals surface area contributed by atoms with Gasteiger partial charge >= 0.3 is 0 Å². The molecule has 0 spiro atoms. The fourth-order valence-electron chi connectivity index (χ4n) is 1.56. The first-order valence-electron chi connectivity index (χ1n) is 5.16. The Bertz CT molecular complexity index is 407. The molecule has 0 amide bonds. The van der Waals surface area contributed by atoms with Gasteiger partial charge in [-0.25, -0.2) is 0 Å². The molecule has 0 bridgehead atoms. The lowest BCUT2D eigenvalue weighted by Gasteiger charge is -2.16. The van der Waals surface area contributed by atoms with E-state index in [1.807, 2.05) is 37.3 Å². The minimum atomic E-state index is -0.0105. The number of ether oxygens (including phenoxy) is 1. The van der Waals surface area contributed by atoms with Gasteiger partial charge in [-0.15, -0.1) is 6.42 Å². The summed E-state index contributed by atoms with van der Waals surface area (Å²) in [5, 5.41) is 0. The smallest absolute Gasteiger partial charge is 0.103 e. The van der Waals surface area contributed by atoms with E-state index in [4.69, 9.17) is 11.2 Å². The lowest BCUT2D eigenvalue weighted by Crippen LogP contribution is -2.02. The van der Waals surface area contributed by atoms with Gasteiger partial charge in [-0.2, -0.15) is 0 Å². The third-order valence-corrected chi connectivity index (χ3v) is 2.30. The average molecular weight is 212 g/mol. The summed E-state index contributed by atoms with van der Waals surface area (Å²) < 4.78 is 5.48. The topological polar surface area (TPSA) is 9.23 Å². The number of hydrogen-bond donors (Lipinski definition) is 0. The Morgan fingerprint density at radius 3 is 2.62 bits per heavy atom. The van der Waals surface area contributed by atoms with Gasteiger partial charge in [0.05, 0.1) is 0 Å². The van der Waals surface area contributed by atoms with Crippen LogP contribution in [-0.2, 0) is 4.74 Å². The van der Waals surface area contributed by atoms with Crippen LogP contribution in [0.5, 0.6) is 0 Å². The Balaban J connectivity index is 2.88. The maximum atomic E-state index is 5.48. The second-order valence-corrected chi connectivity index (χ2v) is 3.46. The molecule has 0 radical (unpaired) electrons. The highest BCUT2D eigenvalue weighted by atomic mass is 16.5. The summed E-state index contributed by atoms with van der Waals surface area (Å²) in [6.07, 6.45) is 10.6. The molecule has 1 rings (SSSR count). The summed E-state index contributed by atoms with van der Waals surface area (Å²) in [7, 11) is 1.71. The number of rotatable bonds is 4. The normalized spacial score (nSPS) is 13.7. The van der Waals surface area contributed by atoms with Crippen LogP contribution in [0.15, 0.2) is 54.1 Å². The molecule has 1 aromatic carbocycles. The van der Waals surface area contributed by atoms with Crippen LogP contribution in [0.2, 0.25) is 0 Å². The molecule has 0 aliphatic heterocycles. The first-order chi connectivity index (χ1) is 7.79. The third-order valence-electron chi connectivity index (χ3n) is 2.30. The van der Waals surface area contributed by atoms with E-state index >= 15 is 0 Å². The Labute approximate surface area is 97.4 Å². The first-order valence-corrected chi connectivity index (χ1v) is 5.16. The molecule has 0 aromatic heterocycles. The SMILES string of the molecule is C#C/C=C\C=C(/C)[C@@H](OC)c1ccccc1. The molecule has 0 fully saturated rings. The molecule has 1 atom stereocenters. The molecular formula is C15H16O. The van der Waals surface area contributed by atoms with Gasteiger partial charge in [0.15, 0.2) is 0 Å². The predicted molar refractivity (Wildman–Crippen MR) is 67.9 cm³/mol. The monoisotopic (exact) mass is 212 g/mol. The van der Waals surface area contributed by atoms with Gasteiger partial charge < -0.3 is 4.74 Å². The van der Waals surface area contributed by atoms with E-state index in [0.717, 1.165) is 11.1 Å². The zero-order valence-corrected chi connectivity index (χ0v) is 9.68. The molecule has 82 valence electrons. The van der Waals surface area contributed by atoms with Crippen molar-refractivity contribution < 1.29 is 4.74 Å². The molecule has 0 aliphatic carbocycles. The largest absolute Gasteiger partial charge is 0.372 e. The van der Waals surface area contributed by atoms with Crippen molar-refractivity contribution in [3.05, 3.63) is 59.7 Å². The number of methoxy groups -OCH3 is 1. The Hall–Kier alpha value is -1.78. The van der Waals surface area contributed by atoms with Crippen LogP contribution >= 0.6 is 0 Å². The molecular weight excluding hydrogens is 196 g/mol. The van der Waals surface area contributed by atoms with Gasteiger partial charge in [-0.1, -0.05) is 48.4 Å². The lowest BCUT2D eigenvalue weighted by atomic mass is 10.0. The maximum absolute atomic E-state index is 5.48. The standard InChI is InChI=1S/C15H16O/c1-4-5-7-10-13(2)15(16-3)14-11-8-6-9-12-14/h1,5-12,15H,2-3H3/b7-5-,13-10+/t15-/m1/s1. The Morgan fingerprint density at radius 1 is 1.38 bits per heavy atom. The highest BCUT2D eigenvalue weighted by Gasteiger charge is 2.10. The third kappa shape index (κ3) is 3.42. The summed E-state index contributed by atoms with van der Waals surface area (Å²) in [5.74, 6) is 2.45. The molecule has 0 unspecified atom stereocenters. The highest BCUT2D eigenvalue weighted by Crippen LogP contribution is 2.24. The van der Waals surface area contributed by atoms with Crippen molar-refractivity contribution in [2.75, 3.05) is 7.11 Å². The summed E-state index contributed by atoms with van der Waals surface area (Å²) in [6, 6.07) is 10.1. The summed E-state index contributed by atoms with van der Waals surface area (Å²) >= 11 is 0. The number of allylic oxidation sites excluding steroid dienone is 3. The van der Waals surface area contributed by atoms with Gasteiger partial charge in [0.1, 0.15) is 6.10 Å². The van der Waals surface area contributed by atoms with E-state index in [9.17, 15) is 0 Å². The van der Waals surface area contributed by atoms with Crippen molar-refractivity contribution in [3.63, 3.8) is 0 Å². The lowest BCUT2D eigenvalue weighted by molar-refractivity contribution is 0.133. The van der Waals surface area contributed by atoms with Gasteiger partial charge in [0.25, 0.3) is 0 Å². The minimum absolute atomic E-state index is 0.0105. The van der Waals surface area contributed by atoms with Crippen molar-refractivity contribution in [1.82, 2.24) is 0 Å². The molecule has 16 heavy (non-hydrogen) atoms. The second kappa shape index (κ2) is 6.66. The molecule has 1 heteroatoms. The molecule has 0 saturated heterocycles. The first kappa shape index (κ1) is 12.3. The Kier molecular flexibility index (Phi) is 5.11. The van der Waals surface area contributed by atoms with Crippen LogP contribution in [0.3, 0.4) is 0 Å². The van der Waals surface area contributed by atoms with Crippen LogP contribution in [0.4, 0.5) is 0 Å². The molecule has 0 aliphatic rings. The maximum Gasteiger partial charge on any atom is 0.103 e. The molecule has 0 N–H and O–H groups in total. The van der Waals surface area contributed by atoms with Crippen molar-refractivity contribution in [1.29, 1.82) is 0 Å². The summed E-state index contributed by atoms with van der Waals surface area (Å²) in [6.45, 7) is 2.03. The van der Waals surface area contributed by atoms with Crippen LogP contribution in [0, 0.1) is 12.3 Å². The van der Waals surface area contributed by atoms with Crippen molar-refractivity contribution >= 4 is 0 Å². The summed E-state index contributed by atoms with van der Waals surface area (Å²) in [5.41, 5.74) is 2.27. The number of terminal acetylenes is 1. The second-order valence-electron chi connectivity index (χ2n) is 3.46. The minimum Gasteiger partial charge on any atom is -0.372 e. The van der Waals surface area contributed by atoms with E-state index in [1.165, 1.54) is 0 Å². The van der Waals surface area contributed by atoms with Crippen LogP contribution < -0.4 is 0 Å². The van der Waals surface area contributed by atoms with E-state index < -0.39 is 0 Å². The van der Waals surface area contributed by atoms with E-state index in [-0.39, 0.29) is 6.10 Å². The molecule has 0 heterocycles. The van der Waals surface area contributed by atoms with Gasteiger partial charge in [-0.3, -0.25) is 0 Å². The van der Waals surface area contributed by atoms with Gasteiger partial charge in [0, 0.05) is 7.11 Å². The number of hydrogen-bond acceptors (Lipinski definition) is 1. The van der Waals surface area contributed by atoms with Crippen molar-refractivity contribution in [3.8, 4) is 12.3 Å². The van der Waals surface area contributed by atoms with Gasteiger partial charge in [0.2, 0.25) is 0 Å². The van der Waals surface area contributed by atoms with E-state index in [2.05, 4.69) is 18.1 Å². The fraction of sp³-hybridized carbons (Fsp3) is 0.200. The molecule has 0 saturated carbocycles. The Morgan fingerprint density at radius 2 is 2.06 bits per heavy atom. The molecule has 1 aromatic rings. The van der Waals surface area contributed by atoms with E-state index in [0.29, 0.717) is 0 Å². The van der Waals surface area contributed by atoms with E-state index in [1.54, 1.807) is 13.2 Å². The van der Waals surface area contributed by atoms with Crippen molar-refractivity contribution in [2.24, 2.45) is 0 Å². The van der Waals surface area contributed by atoms with Crippen LogP contribution in [-0.4, -0.2) is 7.11 Å². The average Bonchev–Trinajstić information content (AvgIpc) is 2.32. The van der Waals surface area contributed by atoms with Crippen LogP contribution in [0.25, 0.3) is 0 Å². The predicted octanol–water partition coefficient (Wildman–Crippen LogP) is 3.51. The van der Waals surface area contributed by atoms with Crippen molar-refractivity contribution in [2.45, 2.75) is 13.0 Å². The van der Waals surface area contributed by atoms with Gasteiger partial charge in [-0.05, 0) is 24.1 Å². The zero-order valence-electron chi connectivity index (χ0n) is 9.68. The molecule has 1 nitrogen and oxygen atoms in total. The quantitative estimate of drug-likeness (QED) is 0.548. The van der Waals surface area contributed by atoms with Crippen LogP contribution in [0.1, 0.15) is 18.6 Å².